The maximum absolute atomic E-state index is 10.0. The molecule has 0 fully saturated rings. The summed E-state index contributed by atoms with van der Waals surface area (Å²) < 4.78 is 3.65. The van der Waals surface area contributed by atoms with E-state index < -0.39 is 0 Å². The molecule has 0 aliphatic rings. The van der Waals surface area contributed by atoms with E-state index in [4.69, 9.17) is 0 Å². The Hall–Kier alpha value is -7.11. The van der Waals surface area contributed by atoms with Crippen molar-refractivity contribution in [2.24, 2.45) is 0 Å². The Balaban J connectivity index is 1.20. The Morgan fingerprint density at radius 2 is 0.579 bits per heavy atom. The summed E-state index contributed by atoms with van der Waals surface area (Å²) in [6.07, 6.45) is 0. The van der Waals surface area contributed by atoms with Crippen molar-refractivity contribution in [2.75, 3.05) is 0 Å². The molecule has 57 heavy (non-hydrogen) atoms. The van der Waals surface area contributed by atoms with Gasteiger partial charge in [-0.05, 0) is 88.0 Å². The zero-order valence-electron chi connectivity index (χ0n) is 30.2. The van der Waals surface area contributed by atoms with Gasteiger partial charge in [0.1, 0.15) is 0 Å². The standard InChI is InChI=1S/C51H27N3S3/c52-28-37-19-16-34(22-40(37)31-10-4-1-5-11-31)46-25-43-49(55-46)44-26-47(35-17-20-38(29-53)41(23-35)32-12-6-2-7-13-32)57-51(44)45-27-48(56-50(43)45)36-18-21-39(30-54)42(24-36)33-14-8-3-9-15-33/h1-27H. The van der Waals surface area contributed by atoms with Crippen LogP contribution in [0.3, 0.4) is 0 Å². The second kappa shape index (κ2) is 14.2. The van der Waals surface area contributed by atoms with Crippen LogP contribution in [0.25, 0.3) is 95.0 Å². The third-order valence-electron chi connectivity index (χ3n) is 10.5. The minimum Gasteiger partial charge on any atom is -0.192 e. The Morgan fingerprint density at radius 3 is 0.842 bits per heavy atom. The zero-order valence-corrected chi connectivity index (χ0v) is 32.6. The predicted molar refractivity (Wildman–Crippen MR) is 239 cm³/mol. The highest BCUT2D eigenvalue weighted by Gasteiger charge is 2.21. The first-order valence-electron chi connectivity index (χ1n) is 18.3. The molecule has 0 aliphatic heterocycles. The fraction of sp³-hybridized carbons (Fsp3) is 0. The van der Waals surface area contributed by atoms with Gasteiger partial charge in [0.25, 0.3) is 0 Å². The summed E-state index contributed by atoms with van der Waals surface area (Å²) in [4.78, 5) is 3.41. The minimum atomic E-state index is 0.649. The monoisotopic (exact) mass is 777 g/mol. The van der Waals surface area contributed by atoms with Gasteiger partial charge in [-0.3, -0.25) is 0 Å². The van der Waals surface area contributed by atoms with Crippen LogP contribution in [0.1, 0.15) is 16.7 Å². The first-order valence-corrected chi connectivity index (χ1v) is 20.8. The van der Waals surface area contributed by atoms with Crippen molar-refractivity contribution in [3.8, 4) is 82.9 Å². The topological polar surface area (TPSA) is 71.4 Å². The van der Waals surface area contributed by atoms with Gasteiger partial charge in [-0.15, -0.1) is 34.0 Å². The molecular formula is C51H27N3S3. The number of benzene rings is 7. The van der Waals surface area contributed by atoms with Gasteiger partial charge in [0.05, 0.1) is 34.9 Å². The highest BCUT2D eigenvalue weighted by atomic mass is 32.1. The normalized spacial score (nSPS) is 11.1. The first kappa shape index (κ1) is 34.4. The van der Waals surface area contributed by atoms with Gasteiger partial charge in [0, 0.05) is 61.6 Å². The molecule has 0 atom stereocenters. The molecule has 3 aromatic heterocycles. The molecular weight excluding hydrogens is 751 g/mol. The number of thiophene rings is 3. The van der Waals surface area contributed by atoms with E-state index in [1.165, 1.54) is 30.3 Å². The Morgan fingerprint density at radius 1 is 0.298 bits per heavy atom. The molecule has 6 heteroatoms. The van der Waals surface area contributed by atoms with Crippen LogP contribution in [0, 0.1) is 34.0 Å². The van der Waals surface area contributed by atoms with Crippen molar-refractivity contribution < 1.29 is 0 Å². The molecule has 0 unspecified atom stereocenters. The van der Waals surface area contributed by atoms with E-state index in [9.17, 15) is 15.8 Å². The average Bonchev–Trinajstić information content (AvgIpc) is 4.05. The first-order chi connectivity index (χ1) is 28.1. The molecule has 7 aromatic carbocycles. The maximum atomic E-state index is 10.0. The summed E-state index contributed by atoms with van der Waals surface area (Å²) in [6.45, 7) is 0. The van der Waals surface area contributed by atoms with E-state index in [2.05, 4.69) is 109 Å². The molecule has 0 N–H and O–H groups in total. The second-order valence-corrected chi connectivity index (χ2v) is 16.9. The summed E-state index contributed by atoms with van der Waals surface area (Å²) in [5.74, 6) is 0. The van der Waals surface area contributed by atoms with Crippen LogP contribution in [0.15, 0.2) is 164 Å². The third kappa shape index (κ3) is 6.00. The fourth-order valence-electron chi connectivity index (χ4n) is 7.66. The number of hydrogen-bond donors (Lipinski definition) is 0. The smallest absolute Gasteiger partial charge is 0.0998 e. The van der Waals surface area contributed by atoms with E-state index in [1.807, 2.05) is 72.8 Å². The summed E-state index contributed by atoms with van der Waals surface area (Å²) in [6, 6.07) is 62.9. The molecule has 0 saturated carbocycles. The van der Waals surface area contributed by atoms with Crippen LogP contribution >= 0.6 is 34.0 Å². The van der Waals surface area contributed by atoms with Crippen molar-refractivity contribution in [3.05, 3.63) is 180 Å². The molecule has 0 saturated heterocycles. The highest BCUT2D eigenvalue weighted by molar-refractivity contribution is 7.29. The van der Waals surface area contributed by atoms with Crippen LogP contribution in [-0.4, -0.2) is 0 Å². The molecule has 0 radical (unpaired) electrons. The van der Waals surface area contributed by atoms with Gasteiger partial charge in [0.15, 0.2) is 0 Å². The van der Waals surface area contributed by atoms with Crippen molar-refractivity contribution in [3.63, 3.8) is 0 Å². The van der Waals surface area contributed by atoms with E-state index in [0.717, 1.165) is 64.7 Å². The molecule has 0 aliphatic carbocycles. The van der Waals surface area contributed by atoms with E-state index >= 15 is 0 Å². The molecule has 3 nitrogen and oxygen atoms in total. The van der Waals surface area contributed by atoms with Gasteiger partial charge in [-0.2, -0.15) is 15.8 Å². The van der Waals surface area contributed by atoms with E-state index in [0.29, 0.717) is 16.7 Å². The largest absolute Gasteiger partial charge is 0.192 e. The molecule has 10 aromatic rings. The lowest BCUT2D eigenvalue weighted by Gasteiger charge is -2.07. The quantitative estimate of drug-likeness (QED) is 0.169. The molecule has 10 rings (SSSR count). The van der Waals surface area contributed by atoms with Gasteiger partial charge in [0.2, 0.25) is 0 Å². The number of rotatable bonds is 6. The van der Waals surface area contributed by atoms with Crippen LogP contribution in [-0.2, 0) is 0 Å². The van der Waals surface area contributed by atoms with Crippen LogP contribution in [0.4, 0.5) is 0 Å². The number of fused-ring (bicyclic) bond motifs is 6. The SMILES string of the molecule is N#Cc1ccc(-c2cc3c(s2)c2cc(-c4ccc(C#N)c(-c5ccccc5)c4)sc2c2cc(-c4ccc(C#N)c(-c5ccccc5)c4)sc32)cc1-c1ccccc1. The van der Waals surface area contributed by atoms with Crippen molar-refractivity contribution in [1.82, 2.24) is 0 Å². The summed E-state index contributed by atoms with van der Waals surface area (Å²) >= 11 is 5.36. The number of nitriles is 3. The van der Waals surface area contributed by atoms with Crippen molar-refractivity contribution in [1.29, 1.82) is 15.8 Å². The fourth-order valence-corrected chi connectivity index (χ4v) is 11.4. The maximum Gasteiger partial charge on any atom is 0.0998 e. The van der Waals surface area contributed by atoms with Gasteiger partial charge in [-0.1, -0.05) is 109 Å². The lowest BCUT2D eigenvalue weighted by Crippen LogP contribution is -1.85. The molecule has 0 spiro atoms. The van der Waals surface area contributed by atoms with Gasteiger partial charge in [-0.25, -0.2) is 0 Å². The summed E-state index contributed by atoms with van der Waals surface area (Å²) in [7, 11) is 0. The third-order valence-corrected chi connectivity index (χ3v) is 14.1. The molecule has 3 heterocycles. The Kier molecular flexibility index (Phi) is 8.56. The van der Waals surface area contributed by atoms with Crippen LogP contribution in [0.5, 0.6) is 0 Å². The minimum absolute atomic E-state index is 0.649. The number of hydrogen-bond acceptors (Lipinski definition) is 6. The Bertz CT molecular complexity index is 2860. The highest BCUT2D eigenvalue weighted by Crippen LogP contribution is 2.51. The van der Waals surface area contributed by atoms with Crippen molar-refractivity contribution >= 4 is 64.3 Å². The van der Waals surface area contributed by atoms with Crippen LogP contribution in [0.2, 0.25) is 0 Å². The lowest BCUT2D eigenvalue weighted by atomic mass is 9.97. The van der Waals surface area contributed by atoms with Crippen LogP contribution < -0.4 is 0 Å². The number of nitrogens with zero attached hydrogens (tertiary/aromatic N) is 3. The summed E-state index contributed by atoms with van der Waals surface area (Å²) in [5, 5.41) is 33.7. The van der Waals surface area contributed by atoms with Gasteiger partial charge < -0.3 is 0 Å². The van der Waals surface area contributed by atoms with E-state index in [1.54, 1.807) is 34.0 Å². The van der Waals surface area contributed by atoms with Gasteiger partial charge >= 0.3 is 0 Å². The Labute approximate surface area is 341 Å². The second-order valence-electron chi connectivity index (χ2n) is 13.8. The van der Waals surface area contributed by atoms with Crippen molar-refractivity contribution in [2.45, 2.75) is 0 Å². The molecule has 0 amide bonds. The van der Waals surface area contributed by atoms with E-state index in [-0.39, 0.29) is 0 Å². The average molecular weight is 778 g/mol. The molecule has 264 valence electrons. The summed E-state index contributed by atoms with van der Waals surface area (Å²) in [5.41, 5.74) is 11.0. The predicted octanol–water partition coefficient (Wildman–Crippen LogP) is 14.9. The molecule has 0 bridgehead atoms. The zero-order chi connectivity index (χ0) is 38.5. The lowest BCUT2D eigenvalue weighted by molar-refractivity contribution is 1.48.